The van der Waals surface area contributed by atoms with E-state index in [0.29, 0.717) is 0 Å². The van der Waals surface area contributed by atoms with Crippen LogP contribution in [0.3, 0.4) is 0 Å². The number of fused-ring (bicyclic) bond motifs is 3. The Bertz CT molecular complexity index is 5590. The van der Waals surface area contributed by atoms with Crippen molar-refractivity contribution in [2.45, 2.75) is 138 Å². The molecule has 0 fully saturated rings. The SMILES string of the molecule is Cc1ccc(C(C)(C)c2ccc(C)cc2)cc1.Cc1ccc(C2(c3ccc(C)cc3)c3ccccc3-c3ccccc32)cc1.Cc1ccc(Cc2ccc(C)cc2)cc1.Cc1ccc(N(C)c2ccc(C)cc2)cc1.Cc1ccc(N(c2ccccc2)c2ccc(C)cc2)cc1.Cc1ccc(Oc2ccc(C)cc2)cc1.Cc1ccc(Sc2ccc(C)cc2)cc1. The van der Waals surface area contributed by atoms with Crippen LogP contribution in [0.2, 0.25) is 0 Å². The fraction of sp³-hybridized carbons (Fsp3) is 0.164. The first-order chi connectivity index (χ1) is 60.8. The topological polar surface area (TPSA) is 15.7 Å². The molecule has 0 aromatic heterocycles. The molecule has 0 radical (unpaired) electrons. The first kappa shape index (κ1) is 91.7. The van der Waals surface area contributed by atoms with Gasteiger partial charge in [-0.15, -0.1) is 0 Å². The molecule has 3 nitrogen and oxygen atoms in total. The third kappa shape index (κ3) is 25.4. The van der Waals surface area contributed by atoms with Gasteiger partial charge in [0, 0.05) is 50.7 Å². The number of aryl methyl sites for hydroxylation is 14. The lowest BCUT2D eigenvalue weighted by Gasteiger charge is -2.34. The summed E-state index contributed by atoms with van der Waals surface area (Å²) in [5.41, 5.74) is 37.4. The summed E-state index contributed by atoms with van der Waals surface area (Å²) < 4.78 is 5.69. The van der Waals surface area contributed by atoms with Crippen molar-refractivity contribution in [2.75, 3.05) is 16.8 Å². The molecule has 0 aliphatic heterocycles. The highest BCUT2D eigenvalue weighted by molar-refractivity contribution is 7.99. The third-order valence-electron chi connectivity index (χ3n) is 23.1. The van der Waals surface area contributed by atoms with Crippen molar-refractivity contribution in [3.05, 3.63) is 541 Å². The molecule has 632 valence electrons. The highest BCUT2D eigenvalue weighted by Gasteiger charge is 2.46. The maximum absolute atomic E-state index is 5.69. The summed E-state index contributed by atoms with van der Waals surface area (Å²) in [7, 11) is 2.09. The highest BCUT2D eigenvalue weighted by Crippen LogP contribution is 2.56. The molecule has 1 aliphatic carbocycles. The molecule has 0 amide bonds. The van der Waals surface area contributed by atoms with Crippen LogP contribution in [0.4, 0.5) is 28.4 Å². The first-order valence-electron chi connectivity index (χ1n) is 43.9. The van der Waals surface area contributed by atoms with E-state index in [9.17, 15) is 0 Å². The molecule has 0 unspecified atom stereocenters. The third-order valence-corrected chi connectivity index (χ3v) is 24.1. The van der Waals surface area contributed by atoms with Crippen molar-refractivity contribution in [3.8, 4) is 22.6 Å². The standard InChI is InChI=1S/C27H22.C20H19N.C17H20.C15H17N.C15H16.C14H14O.C14H14S/c1-19-11-15-21(16-12-19)27(22-17-13-20(2)14-18-22)25-9-5-3-7-23(25)24-8-4-6-10-26(24)27;1-16-8-12-19(13-9-16)21(18-6-4-3-5-7-18)20-14-10-17(2)11-15-20;1-13-5-9-15(10-6-13)17(3,4)16-11-7-14(2)8-12-16;1-12-4-8-14(9-5-12)16(3)15-10-6-13(2)7-11-15;1-12-3-7-14(8-4-12)11-15-9-5-13(2)6-10-15;2*1-11-3-7-13(8-4-11)15-14-9-5-12(2)6-10-14/h3-18H,1-2H3;3-15H,1-2H3;5-12H,1-4H3;4-11H,1-3H3;3-10H,11H2,1-2H3;2*3-10H,1-2H3. The lowest BCUT2D eigenvalue weighted by atomic mass is 9.67. The van der Waals surface area contributed by atoms with Crippen molar-refractivity contribution in [2.24, 2.45) is 0 Å². The molecule has 17 aromatic rings. The Kier molecular flexibility index (Phi) is 32.2. The summed E-state index contributed by atoms with van der Waals surface area (Å²) in [6.07, 6.45) is 1.03. The minimum Gasteiger partial charge on any atom is -0.457 e. The molecule has 126 heavy (non-hydrogen) atoms. The maximum Gasteiger partial charge on any atom is 0.127 e. The maximum atomic E-state index is 5.69. The number of ether oxygens (including phenoxy) is 1. The second-order valence-electron chi connectivity index (χ2n) is 34.1. The van der Waals surface area contributed by atoms with Crippen molar-refractivity contribution < 1.29 is 4.74 Å². The van der Waals surface area contributed by atoms with Crippen molar-refractivity contribution in [1.29, 1.82) is 0 Å². The molecule has 0 spiro atoms. The Labute approximate surface area is 757 Å². The average Bonchev–Trinajstić information content (AvgIpc) is 1.64. The number of benzene rings is 17. The molecule has 1 aliphatic rings. The summed E-state index contributed by atoms with van der Waals surface area (Å²) in [5.74, 6) is 1.76. The second-order valence-corrected chi connectivity index (χ2v) is 35.3. The van der Waals surface area contributed by atoms with Gasteiger partial charge in [0.1, 0.15) is 11.5 Å². The van der Waals surface area contributed by atoms with E-state index in [4.69, 9.17) is 4.74 Å². The molecule has 17 aromatic carbocycles. The van der Waals surface area contributed by atoms with Gasteiger partial charge in [-0.1, -0.05) is 413 Å². The fourth-order valence-corrected chi connectivity index (χ4v) is 16.0. The number of hydrogen-bond acceptors (Lipinski definition) is 4. The van der Waals surface area contributed by atoms with Crippen LogP contribution in [0.1, 0.15) is 136 Å². The largest absolute Gasteiger partial charge is 0.457 e. The van der Waals surface area contributed by atoms with Gasteiger partial charge in [0.15, 0.2) is 0 Å². The van der Waals surface area contributed by atoms with Gasteiger partial charge in [0.25, 0.3) is 0 Å². The summed E-state index contributed by atoms with van der Waals surface area (Å²) in [6, 6.07) is 149. The van der Waals surface area contributed by atoms with Crippen LogP contribution < -0.4 is 14.5 Å². The Morgan fingerprint density at radius 2 is 0.468 bits per heavy atom. The second kappa shape index (κ2) is 44.2. The zero-order chi connectivity index (χ0) is 89.1. The predicted molar refractivity (Wildman–Crippen MR) is 543 cm³/mol. The zero-order valence-corrected chi connectivity index (χ0v) is 77.6. The Balaban J connectivity index is 0.000000135. The van der Waals surface area contributed by atoms with E-state index in [1.807, 2.05) is 54.6 Å². The monoisotopic (exact) mass is 1660 g/mol. The van der Waals surface area contributed by atoms with Gasteiger partial charge >= 0.3 is 0 Å². The normalized spacial score (nSPS) is 11.2. The number of nitrogens with zero attached hydrogens (tertiary/aromatic N) is 2. The van der Waals surface area contributed by atoms with Crippen LogP contribution in [0.15, 0.2) is 428 Å². The summed E-state index contributed by atoms with van der Waals surface area (Å²) in [5, 5.41) is 0. The summed E-state index contributed by atoms with van der Waals surface area (Å²) in [4.78, 5) is 7.06. The van der Waals surface area contributed by atoms with Crippen LogP contribution in [0.25, 0.3) is 11.1 Å². The Morgan fingerprint density at radius 1 is 0.238 bits per heavy atom. The number of rotatable bonds is 15. The molecule has 0 saturated carbocycles. The van der Waals surface area contributed by atoms with Gasteiger partial charge in [0.05, 0.1) is 5.41 Å². The molecule has 0 bridgehead atoms. The molecular formula is C122H122N2OS. The minimum atomic E-state index is -0.269. The summed E-state index contributed by atoms with van der Waals surface area (Å²) >= 11 is 1.80. The van der Waals surface area contributed by atoms with E-state index in [0.717, 1.165) is 17.9 Å². The molecule has 0 atom stereocenters. The van der Waals surface area contributed by atoms with Crippen LogP contribution in [-0.4, -0.2) is 7.05 Å². The first-order valence-corrected chi connectivity index (χ1v) is 44.7. The van der Waals surface area contributed by atoms with Gasteiger partial charge in [-0.2, -0.15) is 0 Å². The smallest absolute Gasteiger partial charge is 0.127 e. The Morgan fingerprint density at radius 3 is 0.770 bits per heavy atom. The van der Waals surface area contributed by atoms with E-state index < -0.39 is 0 Å². The number of hydrogen-bond donors (Lipinski definition) is 0. The Hall–Kier alpha value is -13.5. The van der Waals surface area contributed by atoms with E-state index in [2.05, 4.69) is 492 Å². The van der Waals surface area contributed by atoms with Crippen LogP contribution in [0.5, 0.6) is 11.5 Å². The van der Waals surface area contributed by atoms with E-state index in [-0.39, 0.29) is 10.8 Å². The zero-order valence-electron chi connectivity index (χ0n) is 76.8. The van der Waals surface area contributed by atoms with Gasteiger partial charge in [-0.25, -0.2) is 0 Å². The highest BCUT2D eigenvalue weighted by atomic mass is 32.2. The lowest BCUT2D eigenvalue weighted by Crippen LogP contribution is -2.28. The quantitative estimate of drug-likeness (QED) is 0.102. The number of para-hydroxylation sites is 1. The van der Waals surface area contributed by atoms with E-state index >= 15 is 0 Å². The molecule has 0 saturated heterocycles. The van der Waals surface area contributed by atoms with Crippen molar-refractivity contribution >= 4 is 40.2 Å². The van der Waals surface area contributed by atoms with Gasteiger partial charge in [-0.05, 0) is 268 Å². The van der Waals surface area contributed by atoms with E-state index in [1.54, 1.807) is 11.8 Å². The van der Waals surface area contributed by atoms with Gasteiger partial charge < -0.3 is 14.5 Å². The minimum absolute atomic E-state index is 0.0708. The predicted octanol–water partition coefficient (Wildman–Crippen LogP) is 33.6. The van der Waals surface area contributed by atoms with Crippen LogP contribution >= 0.6 is 11.8 Å². The van der Waals surface area contributed by atoms with Gasteiger partial charge in [-0.3, -0.25) is 0 Å². The molecular weight excluding hydrogens is 1540 g/mol. The van der Waals surface area contributed by atoms with Gasteiger partial charge in [0.2, 0.25) is 0 Å². The van der Waals surface area contributed by atoms with E-state index in [1.165, 1.54) is 172 Å². The molecule has 18 rings (SSSR count). The van der Waals surface area contributed by atoms with Crippen LogP contribution in [0, 0.1) is 96.9 Å². The van der Waals surface area contributed by atoms with Crippen molar-refractivity contribution in [3.63, 3.8) is 0 Å². The average molecular weight is 1660 g/mol. The summed E-state index contributed by atoms with van der Waals surface area (Å²) in [6.45, 7) is 34.2. The molecule has 0 N–H and O–H groups in total. The number of anilines is 5. The van der Waals surface area contributed by atoms with Crippen LogP contribution in [-0.2, 0) is 17.3 Å². The van der Waals surface area contributed by atoms with Crippen molar-refractivity contribution in [1.82, 2.24) is 0 Å². The molecule has 4 heteroatoms. The molecule has 0 heterocycles. The fourth-order valence-electron chi connectivity index (χ4n) is 15.2. The lowest BCUT2D eigenvalue weighted by molar-refractivity contribution is 0.482.